The Kier molecular flexibility index (Phi) is 14.0. The van der Waals surface area contributed by atoms with Gasteiger partial charge in [-0.1, -0.05) is 49.2 Å². The number of halogens is 1. The number of aryl methyl sites for hydroxylation is 1. The third-order valence-electron chi connectivity index (χ3n) is 8.72. The van der Waals surface area contributed by atoms with E-state index in [-0.39, 0.29) is 17.7 Å². The summed E-state index contributed by atoms with van der Waals surface area (Å²) in [7, 11) is 3.11. The SMILES string of the molecule is CCCc1cc(Cl)ccc1C1COc2ccc(C(C)O)cc2N(CC2CCC2C(O)/C=C/CCN(C)C(C)=O)C1.COC=O. The Morgan fingerprint density at radius 3 is 2.59 bits per heavy atom. The Bertz CT molecular complexity index is 1250. The van der Waals surface area contributed by atoms with E-state index in [1.165, 1.54) is 18.2 Å². The molecule has 1 saturated carbocycles. The molecule has 0 saturated heterocycles. The maximum atomic E-state index is 11.4. The van der Waals surface area contributed by atoms with Crippen molar-refractivity contribution >= 4 is 29.7 Å². The van der Waals surface area contributed by atoms with Gasteiger partial charge >= 0.3 is 0 Å². The molecule has 2 aliphatic rings. The van der Waals surface area contributed by atoms with Crippen LogP contribution < -0.4 is 9.64 Å². The zero-order chi connectivity index (χ0) is 32.2. The second-order valence-electron chi connectivity index (χ2n) is 11.9. The summed E-state index contributed by atoms with van der Waals surface area (Å²) in [5.74, 6) is 1.60. The number of anilines is 1. The summed E-state index contributed by atoms with van der Waals surface area (Å²) in [6.45, 7) is 8.74. The Balaban J connectivity index is 0.00000124. The number of carbonyl (C=O) groups is 2. The monoisotopic (exact) mass is 628 g/mol. The van der Waals surface area contributed by atoms with E-state index in [1.54, 1.807) is 25.8 Å². The van der Waals surface area contributed by atoms with E-state index in [9.17, 15) is 15.0 Å². The maximum Gasteiger partial charge on any atom is 0.292 e. The Labute approximate surface area is 267 Å². The molecule has 1 aliphatic heterocycles. The van der Waals surface area contributed by atoms with Crippen LogP contribution in [0.15, 0.2) is 48.6 Å². The molecule has 0 bridgehead atoms. The molecule has 5 unspecified atom stereocenters. The van der Waals surface area contributed by atoms with Gasteiger partial charge < -0.3 is 29.5 Å². The number of aliphatic hydroxyl groups excluding tert-OH is 2. The number of nitrogens with zero attached hydrogens (tertiary/aromatic N) is 2. The molecule has 0 aromatic heterocycles. The van der Waals surface area contributed by atoms with E-state index in [1.807, 2.05) is 30.4 Å². The molecule has 2 N–H and O–H groups in total. The zero-order valence-corrected chi connectivity index (χ0v) is 27.5. The van der Waals surface area contributed by atoms with E-state index in [4.69, 9.17) is 21.1 Å². The number of ether oxygens (including phenoxy) is 2. The minimum absolute atomic E-state index is 0.0483. The van der Waals surface area contributed by atoms with E-state index in [0.717, 1.165) is 67.2 Å². The number of hydrogen-bond donors (Lipinski definition) is 2. The maximum absolute atomic E-state index is 11.4. The van der Waals surface area contributed by atoms with Crippen molar-refractivity contribution in [1.82, 2.24) is 4.90 Å². The van der Waals surface area contributed by atoms with E-state index < -0.39 is 12.2 Å². The first-order valence-electron chi connectivity index (χ1n) is 15.6. The highest BCUT2D eigenvalue weighted by atomic mass is 35.5. The molecule has 4 rings (SSSR count). The molecule has 1 amide bonds. The number of aliphatic hydroxyl groups is 2. The van der Waals surface area contributed by atoms with Gasteiger partial charge in [-0.2, -0.15) is 0 Å². The number of benzene rings is 2. The highest BCUT2D eigenvalue weighted by molar-refractivity contribution is 6.30. The predicted octanol–water partition coefficient (Wildman–Crippen LogP) is 5.93. The van der Waals surface area contributed by atoms with Crippen molar-refractivity contribution in [2.75, 3.05) is 45.3 Å². The number of carbonyl (C=O) groups excluding carboxylic acids is 2. The molecule has 9 heteroatoms. The van der Waals surface area contributed by atoms with Crippen LogP contribution in [0.25, 0.3) is 0 Å². The van der Waals surface area contributed by atoms with Crippen LogP contribution >= 0.6 is 11.6 Å². The van der Waals surface area contributed by atoms with Gasteiger partial charge in [0.05, 0.1) is 31.6 Å². The van der Waals surface area contributed by atoms with Gasteiger partial charge in [-0.15, -0.1) is 0 Å². The summed E-state index contributed by atoms with van der Waals surface area (Å²) in [5.41, 5.74) is 4.43. The number of fused-ring (bicyclic) bond motifs is 1. The van der Waals surface area contributed by atoms with Crippen molar-refractivity contribution < 1.29 is 29.3 Å². The van der Waals surface area contributed by atoms with Crippen molar-refractivity contribution in [3.8, 4) is 5.75 Å². The Hall–Kier alpha value is -3.07. The van der Waals surface area contributed by atoms with Crippen LogP contribution in [0.5, 0.6) is 5.75 Å². The van der Waals surface area contributed by atoms with Gasteiger partial charge in [-0.3, -0.25) is 9.59 Å². The highest BCUT2D eigenvalue weighted by Gasteiger charge is 2.38. The molecule has 1 fully saturated rings. The molecule has 2 aromatic rings. The summed E-state index contributed by atoms with van der Waals surface area (Å²) in [6.07, 6.45) is 7.64. The van der Waals surface area contributed by atoms with Gasteiger partial charge in [0.1, 0.15) is 5.75 Å². The molecule has 0 radical (unpaired) electrons. The zero-order valence-electron chi connectivity index (χ0n) is 26.7. The van der Waals surface area contributed by atoms with E-state index in [0.29, 0.717) is 25.5 Å². The highest BCUT2D eigenvalue weighted by Crippen LogP contribution is 2.43. The van der Waals surface area contributed by atoms with Crippen LogP contribution in [0, 0.1) is 11.8 Å². The Morgan fingerprint density at radius 1 is 1.23 bits per heavy atom. The smallest absolute Gasteiger partial charge is 0.292 e. The standard InChI is InChI=1S/C33H45ClN2O4.C2H4O2/c1-5-8-25-17-28(34)12-14-29(25)27-20-36(31-18-24(22(2)37)11-15-33(31)40-21-27)19-26-10-13-30(26)32(39)9-6-7-16-35(4)23(3)38;1-4-2-3/h6,9,11-12,14-15,17-18,22,26-27,30,32,37,39H,5,7-8,10,13,16,19-21H2,1-4H3;2H,1H3/b9-6+;. The Morgan fingerprint density at radius 2 is 1.98 bits per heavy atom. The molecule has 1 aliphatic carbocycles. The van der Waals surface area contributed by atoms with Gasteiger partial charge in [0.25, 0.3) is 6.47 Å². The lowest BCUT2D eigenvalue weighted by Gasteiger charge is -2.42. The van der Waals surface area contributed by atoms with Crippen molar-refractivity contribution in [2.24, 2.45) is 11.8 Å². The molecule has 44 heavy (non-hydrogen) atoms. The lowest BCUT2D eigenvalue weighted by Crippen LogP contribution is -2.44. The summed E-state index contributed by atoms with van der Waals surface area (Å²) in [4.78, 5) is 24.5. The van der Waals surface area contributed by atoms with Crippen LogP contribution in [-0.2, 0) is 20.7 Å². The minimum atomic E-state index is -0.566. The van der Waals surface area contributed by atoms with Crippen LogP contribution in [-0.4, -0.2) is 74.0 Å². The summed E-state index contributed by atoms with van der Waals surface area (Å²) in [5, 5.41) is 22.1. The molecule has 242 valence electrons. The normalized spacial score (nSPS) is 20.6. The lowest BCUT2D eigenvalue weighted by atomic mass is 9.70. The van der Waals surface area contributed by atoms with Gasteiger partial charge in [0, 0.05) is 44.5 Å². The first kappa shape index (κ1) is 35.4. The summed E-state index contributed by atoms with van der Waals surface area (Å²) in [6, 6.07) is 12.2. The number of methoxy groups -OCH3 is 1. The molecule has 8 nitrogen and oxygen atoms in total. The van der Waals surface area contributed by atoms with Gasteiger partial charge in [0.15, 0.2) is 0 Å². The van der Waals surface area contributed by atoms with Crippen LogP contribution in [0.2, 0.25) is 5.02 Å². The largest absolute Gasteiger partial charge is 0.491 e. The van der Waals surface area contributed by atoms with Crippen LogP contribution in [0.3, 0.4) is 0 Å². The molecule has 2 aromatic carbocycles. The second-order valence-corrected chi connectivity index (χ2v) is 12.3. The summed E-state index contributed by atoms with van der Waals surface area (Å²) >= 11 is 6.38. The van der Waals surface area contributed by atoms with E-state index in [2.05, 4.69) is 34.8 Å². The molecule has 0 spiro atoms. The minimum Gasteiger partial charge on any atom is -0.491 e. The van der Waals surface area contributed by atoms with Crippen molar-refractivity contribution in [3.63, 3.8) is 0 Å². The fraction of sp³-hybridized carbons (Fsp3) is 0.543. The molecule has 1 heterocycles. The topological polar surface area (TPSA) is 99.5 Å². The lowest BCUT2D eigenvalue weighted by molar-refractivity contribution is -0.127. The third kappa shape index (κ3) is 9.71. The second kappa shape index (κ2) is 17.4. The predicted molar refractivity (Wildman–Crippen MR) is 175 cm³/mol. The van der Waals surface area contributed by atoms with Crippen LogP contribution in [0.1, 0.15) is 75.2 Å². The molecular weight excluding hydrogens is 580 g/mol. The fourth-order valence-corrected chi connectivity index (χ4v) is 6.14. The molecular formula is C35H49ClN2O6. The number of amides is 1. The van der Waals surface area contributed by atoms with Gasteiger partial charge in [0.2, 0.25) is 5.91 Å². The van der Waals surface area contributed by atoms with Crippen molar-refractivity contribution in [3.05, 3.63) is 70.3 Å². The fourth-order valence-electron chi connectivity index (χ4n) is 5.95. The molecule has 5 atom stereocenters. The summed E-state index contributed by atoms with van der Waals surface area (Å²) < 4.78 is 10.3. The quantitative estimate of drug-likeness (QED) is 0.222. The van der Waals surface area contributed by atoms with Gasteiger partial charge in [-0.25, -0.2) is 0 Å². The first-order valence-corrected chi connectivity index (χ1v) is 16.0. The first-order chi connectivity index (χ1) is 21.1. The number of rotatable bonds is 12. The average molecular weight is 629 g/mol. The van der Waals surface area contributed by atoms with Gasteiger partial charge in [-0.05, 0) is 85.4 Å². The van der Waals surface area contributed by atoms with Crippen LogP contribution in [0.4, 0.5) is 5.69 Å². The van der Waals surface area contributed by atoms with Crippen molar-refractivity contribution in [1.29, 1.82) is 0 Å². The number of hydrogen-bond acceptors (Lipinski definition) is 7. The van der Waals surface area contributed by atoms with E-state index >= 15 is 0 Å². The third-order valence-corrected chi connectivity index (χ3v) is 8.95. The average Bonchev–Trinajstić information content (AvgIpc) is 3.16. The van der Waals surface area contributed by atoms with Crippen molar-refractivity contribution in [2.45, 2.75) is 71.0 Å².